The molecule has 5 nitrogen and oxygen atoms in total. The third-order valence-corrected chi connectivity index (χ3v) is 2.72. The highest BCUT2D eigenvalue weighted by atomic mass is 16.5. The number of hydrogen-bond donors (Lipinski definition) is 0. The smallest absolute Gasteiger partial charge is 0.227 e. The third kappa shape index (κ3) is 2.87. The van der Waals surface area contributed by atoms with Gasteiger partial charge in [0.1, 0.15) is 5.69 Å². The molecule has 0 aliphatic rings. The number of aromatic nitrogens is 4. The van der Waals surface area contributed by atoms with Crippen molar-refractivity contribution in [3.63, 3.8) is 0 Å². The van der Waals surface area contributed by atoms with E-state index in [2.05, 4.69) is 34.2 Å². The molecule has 0 saturated heterocycles. The van der Waals surface area contributed by atoms with Gasteiger partial charge in [0.05, 0.1) is 5.69 Å². The topological polar surface area (TPSA) is 64.7 Å². The second kappa shape index (κ2) is 5.03. The van der Waals surface area contributed by atoms with Crippen LogP contribution in [0.4, 0.5) is 0 Å². The zero-order valence-electron chi connectivity index (χ0n) is 10.3. The van der Waals surface area contributed by atoms with Crippen molar-refractivity contribution in [1.29, 1.82) is 0 Å². The Morgan fingerprint density at radius 3 is 2.76 bits per heavy atom. The van der Waals surface area contributed by atoms with Crippen molar-refractivity contribution >= 4 is 0 Å². The van der Waals surface area contributed by atoms with Crippen molar-refractivity contribution in [2.45, 2.75) is 33.6 Å². The Kier molecular flexibility index (Phi) is 3.46. The molecule has 0 amide bonds. The van der Waals surface area contributed by atoms with Crippen LogP contribution in [0.1, 0.15) is 31.9 Å². The summed E-state index contributed by atoms with van der Waals surface area (Å²) in [6, 6.07) is 3.73. The lowest BCUT2D eigenvalue weighted by atomic mass is 10.1. The largest absolute Gasteiger partial charge is 0.339 e. The molecule has 5 heteroatoms. The highest BCUT2D eigenvalue weighted by molar-refractivity contribution is 5.46. The Bertz CT molecular complexity index is 478. The van der Waals surface area contributed by atoms with Crippen molar-refractivity contribution in [3.05, 3.63) is 23.7 Å². The van der Waals surface area contributed by atoms with Crippen molar-refractivity contribution in [3.8, 4) is 11.5 Å². The van der Waals surface area contributed by atoms with Crippen LogP contribution < -0.4 is 0 Å². The summed E-state index contributed by atoms with van der Waals surface area (Å²) in [5.74, 6) is 1.72. The summed E-state index contributed by atoms with van der Waals surface area (Å²) in [6.07, 6.45) is 1.91. The molecule has 2 rings (SSSR count). The lowest BCUT2D eigenvalue weighted by Crippen LogP contribution is -1.98. The number of hydrogen-bond acceptors (Lipinski definition) is 5. The Balaban J connectivity index is 2.15. The van der Waals surface area contributed by atoms with E-state index < -0.39 is 0 Å². The fourth-order valence-corrected chi connectivity index (χ4v) is 1.40. The van der Waals surface area contributed by atoms with Crippen molar-refractivity contribution in [2.24, 2.45) is 5.92 Å². The van der Waals surface area contributed by atoms with E-state index in [0.717, 1.165) is 18.5 Å². The molecule has 0 N–H and O–H groups in total. The predicted octanol–water partition coefficient (Wildman–Crippen LogP) is 2.42. The highest BCUT2D eigenvalue weighted by Crippen LogP contribution is 2.15. The van der Waals surface area contributed by atoms with Crippen LogP contribution in [-0.4, -0.2) is 20.3 Å². The van der Waals surface area contributed by atoms with Crippen LogP contribution in [0.3, 0.4) is 0 Å². The maximum Gasteiger partial charge on any atom is 0.227 e. The monoisotopic (exact) mass is 232 g/mol. The minimum atomic E-state index is 0.510. The molecule has 0 aliphatic carbocycles. The average molecular weight is 232 g/mol. The van der Waals surface area contributed by atoms with Gasteiger partial charge in [0.2, 0.25) is 11.7 Å². The Morgan fingerprint density at radius 2 is 2.12 bits per heavy atom. The SMILES string of the molecule is CC[C@@H](C)Cc1nc(-c2ccc(C)nn2)no1. The molecule has 2 heterocycles. The second-order valence-electron chi connectivity index (χ2n) is 4.29. The van der Waals surface area contributed by atoms with Gasteiger partial charge in [-0.2, -0.15) is 10.1 Å². The van der Waals surface area contributed by atoms with Gasteiger partial charge in [-0.3, -0.25) is 0 Å². The molecule has 2 aromatic heterocycles. The Hall–Kier alpha value is -1.78. The zero-order valence-corrected chi connectivity index (χ0v) is 10.3. The Labute approximate surface area is 100 Å². The van der Waals surface area contributed by atoms with Gasteiger partial charge < -0.3 is 4.52 Å². The van der Waals surface area contributed by atoms with E-state index in [9.17, 15) is 0 Å². The first-order valence-electron chi connectivity index (χ1n) is 5.82. The molecule has 0 spiro atoms. The van der Waals surface area contributed by atoms with Gasteiger partial charge in [0, 0.05) is 6.42 Å². The van der Waals surface area contributed by atoms with Crippen LogP contribution >= 0.6 is 0 Å². The van der Waals surface area contributed by atoms with Gasteiger partial charge in [-0.05, 0) is 25.0 Å². The van der Waals surface area contributed by atoms with E-state index in [1.807, 2.05) is 19.1 Å². The maximum atomic E-state index is 5.19. The normalized spacial score (nSPS) is 12.6. The molecule has 0 aliphatic heterocycles. The van der Waals surface area contributed by atoms with Gasteiger partial charge in [0.25, 0.3) is 0 Å². The van der Waals surface area contributed by atoms with Crippen LogP contribution in [0.2, 0.25) is 0 Å². The molecule has 2 aromatic rings. The minimum Gasteiger partial charge on any atom is -0.339 e. The molecule has 0 radical (unpaired) electrons. The van der Waals surface area contributed by atoms with Gasteiger partial charge in [-0.25, -0.2) is 0 Å². The number of aryl methyl sites for hydroxylation is 1. The van der Waals surface area contributed by atoms with Gasteiger partial charge in [-0.15, -0.1) is 5.10 Å². The zero-order chi connectivity index (χ0) is 12.3. The van der Waals surface area contributed by atoms with Gasteiger partial charge in [0.15, 0.2) is 0 Å². The molecule has 0 saturated carbocycles. The van der Waals surface area contributed by atoms with Gasteiger partial charge in [-0.1, -0.05) is 25.4 Å². The molecule has 17 heavy (non-hydrogen) atoms. The second-order valence-corrected chi connectivity index (χ2v) is 4.29. The maximum absolute atomic E-state index is 5.19. The summed E-state index contributed by atoms with van der Waals surface area (Å²) in [4.78, 5) is 4.32. The lowest BCUT2D eigenvalue weighted by Gasteiger charge is -2.01. The molecule has 0 fully saturated rings. The molecular formula is C12H16N4O. The third-order valence-electron chi connectivity index (χ3n) is 2.72. The van der Waals surface area contributed by atoms with Crippen LogP contribution in [0.15, 0.2) is 16.7 Å². The van der Waals surface area contributed by atoms with E-state index in [0.29, 0.717) is 23.3 Å². The van der Waals surface area contributed by atoms with Gasteiger partial charge >= 0.3 is 0 Å². The summed E-state index contributed by atoms with van der Waals surface area (Å²) in [5.41, 5.74) is 1.52. The number of rotatable bonds is 4. The van der Waals surface area contributed by atoms with E-state index in [-0.39, 0.29) is 0 Å². The fraction of sp³-hybridized carbons (Fsp3) is 0.500. The molecule has 0 unspecified atom stereocenters. The van der Waals surface area contributed by atoms with Crippen LogP contribution in [0.5, 0.6) is 0 Å². The summed E-state index contributed by atoms with van der Waals surface area (Å²) in [6.45, 7) is 6.20. The lowest BCUT2D eigenvalue weighted by molar-refractivity contribution is 0.356. The highest BCUT2D eigenvalue weighted by Gasteiger charge is 2.12. The van der Waals surface area contributed by atoms with Crippen molar-refractivity contribution in [1.82, 2.24) is 20.3 Å². The first kappa shape index (κ1) is 11.7. The summed E-state index contributed by atoms with van der Waals surface area (Å²) < 4.78 is 5.19. The average Bonchev–Trinajstić information content (AvgIpc) is 2.78. The molecular weight excluding hydrogens is 216 g/mol. The number of nitrogens with zero attached hydrogens (tertiary/aromatic N) is 4. The summed E-state index contributed by atoms with van der Waals surface area (Å²) in [7, 11) is 0. The first-order chi connectivity index (χ1) is 8.19. The summed E-state index contributed by atoms with van der Waals surface area (Å²) >= 11 is 0. The van der Waals surface area contributed by atoms with E-state index >= 15 is 0 Å². The molecule has 90 valence electrons. The first-order valence-corrected chi connectivity index (χ1v) is 5.82. The van der Waals surface area contributed by atoms with Crippen molar-refractivity contribution in [2.75, 3.05) is 0 Å². The molecule has 0 bridgehead atoms. The summed E-state index contributed by atoms with van der Waals surface area (Å²) in [5, 5.41) is 11.9. The van der Waals surface area contributed by atoms with Crippen LogP contribution in [0, 0.1) is 12.8 Å². The molecule has 0 aromatic carbocycles. The van der Waals surface area contributed by atoms with E-state index in [4.69, 9.17) is 4.52 Å². The van der Waals surface area contributed by atoms with E-state index in [1.54, 1.807) is 0 Å². The van der Waals surface area contributed by atoms with Crippen molar-refractivity contribution < 1.29 is 4.52 Å². The van der Waals surface area contributed by atoms with E-state index in [1.165, 1.54) is 0 Å². The molecule has 1 atom stereocenters. The van der Waals surface area contributed by atoms with Crippen LogP contribution in [-0.2, 0) is 6.42 Å². The minimum absolute atomic E-state index is 0.510. The Morgan fingerprint density at radius 1 is 1.29 bits per heavy atom. The fourth-order valence-electron chi connectivity index (χ4n) is 1.40. The standard InChI is InChI=1S/C12H16N4O/c1-4-8(2)7-11-13-12(16-17-11)10-6-5-9(3)14-15-10/h5-6,8H,4,7H2,1-3H3/t8-/m1/s1. The quantitative estimate of drug-likeness (QED) is 0.810. The predicted molar refractivity (Wildman–Crippen MR) is 63.2 cm³/mol. The van der Waals surface area contributed by atoms with Crippen LogP contribution in [0.25, 0.3) is 11.5 Å².